The molecule has 1 heterocycles. The molecule has 1 aliphatic rings. The summed E-state index contributed by atoms with van der Waals surface area (Å²) in [5.74, 6) is -2.08. The van der Waals surface area contributed by atoms with Crippen molar-refractivity contribution in [2.45, 2.75) is 20.8 Å². The number of aryl methyl sites for hydroxylation is 3. The summed E-state index contributed by atoms with van der Waals surface area (Å²) < 4.78 is 5.55. The van der Waals surface area contributed by atoms with Crippen LogP contribution in [0.4, 0.5) is 16.2 Å². The maximum atomic E-state index is 13.2. The average molecular weight is 587 g/mol. The Morgan fingerprint density at radius 2 is 1.59 bits per heavy atom. The van der Waals surface area contributed by atoms with E-state index in [0.717, 1.165) is 16.0 Å². The van der Waals surface area contributed by atoms with Crippen LogP contribution in [-0.4, -0.2) is 30.4 Å². The lowest BCUT2D eigenvalue weighted by atomic mass is 10.1. The van der Waals surface area contributed by atoms with Crippen molar-refractivity contribution >= 4 is 76.0 Å². The second-order valence-corrected chi connectivity index (χ2v) is 10.1. The lowest BCUT2D eigenvalue weighted by Crippen LogP contribution is -2.54. The molecule has 0 saturated carbocycles. The molecule has 3 aromatic rings. The van der Waals surface area contributed by atoms with Gasteiger partial charge in [0.1, 0.15) is 5.57 Å². The maximum absolute atomic E-state index is 13.2. The number of benzene rings is 3. The molecule has 1 fully saturated rings. The fourth-order valence-electron chi connectivity index (χ4n) is 3.82. The first-order valence-electron chi connectivity index (χ1n) is 11.6. The van der Waals surface area contributed by atoms with Crippen LogP contribution in [0.15, 0.2) is 54.1 Å². The summed E-state index contributed by atoms with van der Waals surface area (Å²) in [5.41, 5.74) is 3.58. The lowest BCUT2D eigenvalue weighted by molar-refractivity contribution is -0.122. The Balaban J connectivity index is 1.53. The minimum Gasteiger partial charge on any atom is -0.481 e. The van der Waals surface area contributed by atoms with Gasteiger partial charge in [-0.3, -0.25) is 19.7 Å². The van der Waals surface area contributed by atoms with Gasteiger partial charge in [-0.25, -0.2) is 9.69 Å². The van der Waals surface area contributed by atoms with Gasteiger partial charge in [-0.05, 0) is 85.5 Å². The van der Waals surface area contributed by atoms with Crippen LogP contribution in [0.2, 0.25) is 15.1 Å². The van der Waals surface area contributed by atoms with Gasteiger partial charge in [0.15, 0.2) is 12.4 Å². The predicted molar refractivity (Wildman–Crippen MR) is 152 cm³/mol. The Kier molecular flexibility index (Phi) is 8.30. The Hall–Kier alpha value is -3.85. The van der Waals surface area contributed by atoms with E-state index in [-0.39, 0.29) is 33.7 Å². The average Bonchev–Trinajstić information content (AvgIpc) is 2.85. The van der Waals surface area contributed by atoms with Gasteiger partial charge in [-0.2, -0.15) is 0 Å². The van der Waals surface area contributed by atoms with E-state index in [2.05, 4.69) is 10.6 Å². The number of carbonyl (C=O) groups is 4. The third-order valence-corrected chi connectivity index (χ3v) is 6.78. The molecule has 2 N–H and O–H groups in total. The van der Waals surface area contributed by atoms with E-state index < -0.39 is 23.8 Å². The number of barbiturate groups is 1. The molecule has 8 nitrogen and oxygen atoms in total. The number of urea groups is 1. The van der Waals surface area contributed by atoms with Crippen molar-refractivity contribution in [3.63, 3.8) is 0 Å². The Bertz CT molecular complexity index is 1540. The van der Waals surface area contributed by atoms with Crippen molar-refractivity contribution in [2.75, 3.05) is 16.8 Å². The van der Waals surface area contributed by atoms with Crippen molar-refractivity contribution in [3.8, 4) is 5.75 Å². The van der Waals surface area contributed by atoms with Gasteiger partial charge >= 0.3 is 6.03 Å². The number of ether oxygens (including phenoxy) is 1. The molecule has 4 rings (SSSR count). The molecule has 0 bridgehead atoms. The second-order valence-electron chi connectivity index (χ2n) is 8.84. The highest BCUT2D eigenvalue weighted by molar-refractivity contribution is 6.40. The number of nitrogens with one attached hydrogen (secondary N) is 2. The van der Waals surface area contributed by atoms with Crippen LogP contribution in [0.25, 0.3) is 6.08 Å². The van der Waals surface area contributed by atoms with E-state index in [1.54, 1.807) is 25.1 Å². The molecular weight excluding hydrogens is 565 g/mol. The summed E-state index contributed by atoms with van der Waals surface area (Å²) in [6.45, 7) is 5.26. The molecule has 1 saturated heterocycles. The highest BCUT2D eigenvalue weighted by Crippen LogP contribution is 2.35. The first-order chi connectivity index (χ1) is 18.4. The number of halogens is 3. The zero-order valence-corrected chi connectivity index (χ0v) is 23.3. The number of carbonyl (C=O) groups excluding carboxylic acids is 4. The summed E-state index contributed by atoms with van der Waals surface area (Å²) >= 11 is 18.8. The summed E-state index contributed by atoms with van der Waals surface area (Å²) in [5, 5.41) is 5.32. The van der Waals surface area contributed by atoms with Crippen molar-refractivity contribution in [2.24, 2.45) is 0 Å². The number of anilines is 2. The van der Waals surface area contributed by atoms with Crippen molar-refractivity contribution in [3.05, 3.63) is 91.4 Å². The van der Waals surface area contributed by atoms with E-state index >= 15 is 0 Å². The Morgan fingerprint density at radius 1 is 0.923 bits per heavy atom. The molecule has 0 unspecified atom stereocenters. The monoisotopic (exact) mass is 585 g/mol. The predicted octanol–water partition coefficient (Wildman–Crippen LogP) is 6.26. The molecule has 1 aliphatic heterocycles. The number of amides is 5. The molecule has 0 aliphatic carbocycles. The largest absolute Gasteiger partial charge is 0.481 e. The second kappa shape index (κ2) is 11.5. The molecule has 3 aromatic carbocycles. The topological polar surface area (TPSA) is 105 Å². The van der Waals surface area contributed by atoms with Crippen LogP contribution >= 0.6 is 34.8 Å². The number of imide groups is 2. The number of hydrogen-bond acceptors (Lipinski definition) is 5. The SMILES string of the molecule is Cc1ccc(NC(=O)COc2c(Cl)cc(/C=C3\C(=O)NC(=O)N(c4cc(Cl)ccc4C)C3=O)cc2Cl)cc1C. The normalized spacial score (nSPS) is 14.5. The fourth-order valence-corrected chi connectivity index (χ4v) is 4.60. The molecule has 0 aromatic heterocycles. The van der Waals surface area contributed by atoms with E-state index in [9.17, 15) is 19.2 Å². The summed E-state index contributed by atoms with van der Waals surface area (Å²) in [6, 6.07) is 12.2. The van der Waals surface area contributed by atoms with Gasteiger partial charge < -0.3 is 10.1 Å². The highest BCUT2D eigenvalue weighted by atomic mass is 35.5. The van der Waals surface area contributed by atoms with Gasteiger partial charge in [0.25, 0.3) is 17.7 Å². The van der Waals surface area contributed by atoms with Crippen LogP contribution in [0.3, 0.4) is 0 Å². The minimum absolute atomic E-state index is 0.0515. The standard InChI is InChI=1S/C28H22Cl3N3O5/c1-14-5-7-19(8-16(14)3)32-24(35)13-39-25-21(30)10-17(11-22(25)31)9-20-26(36)33-28(38)34(27(20)37)23-12-18(29)6-4-15(23)2/h4-12H,13H2,1-3H3,(H,32,35)(H,33,36,38)/b20-9+. The third-order valence-electron chi connectivity index (χ3n) is 5.98. The smallest absolute Gasteiger partial charge is 0.335 e. The first kappa shape index (κ1) is 28.2. The van der Waals surface area contributed by atoms with Gasteiger partial charge in [-0.15, -0.1) is 0 Å². The number of nitrogens with zero attached hydrogens (tertiary/aromatic N) is 1. The van der Waals surface area contributed by atoms with E-state index in [0.29, 0.717) is 21.8 Å². The summed E-state index contributed by atoms with van der Waals surface area (Å²) in [4.78, 5) is 51.5. The fraction of sp³-hybridized carbons (Fsp3) is 0.143. The zero-order chi connectivity index (χ0) is 28.4. The van der Waals surface area contributed by atoms with Crippen molar-refractivity contribution in [1.29, 1.82) is 0 Å². The van der Waals surface area contributed by atoms with Gasteiger partial charge in [0.2, 0.25) is 0 Å². The van der Waals surface area contributed by atoms with Crippen LogP contribution in [0, 0.1) is 20.8 Å². The summed E-state index contributed by atoms with van der Waals surface area (Å²) in [7, 11) is 0. The van der Waals surface area contributed by atoms with Crippen LogP contribution < -0.4 is 20.3 Å². The van der Waals surface area contributed by atoms with Crippen molar-refractivity contribution in [1.82, 2.24) is 5.32 Å². The molecule has 5 amide bonds. The highest BCUT2D eigenvalue weighted by Gasteiger charge is 2.37. The lowest BCUT2D eigenvalue weighted by Gasteiger charge is -2.27. The zero-order valence-electron chi connectivity index (χ0n) is 21.0. The molecule has 200 valence electrons. The van der Waals surface area contributed by atoms with Gasteiger partial charge in [0, 0.05) is 10.7 Å². The summed E-state index contributed by atoms with van der Waals surface area (Å²) in [6.07, 6.45) is 1.25. The van der Waals surface area contributed by atoms with Crippen molar-refractivity contribution < 1.29 is 23.9 Å². The van der Waals surface area contributed by atoms with Crippen LogP contribution in [0.1, 0.15) is 22.3 Å². The first-order valence-corrected chi connectivity index (χ1v) is 12.7. The molecule has 0 radical (unpaired) electrons. The van der Waals surface area contributed by atoms with Crippen LogP contribution in [-0.2, 0) is 14.4 Å². The number of hydrogen-bond donors (Lipinski definition) is 2. The molecule has 11 heteroatoms. The third kappa shape index (κ3) is 6.25. The van der Waals surface area contributed by atoms with Crippen LogP contribution in [0.5, 0.6) is 5.75 Å². The van der Waals surface area contributed by atoms with E-state index in [4.69, 9.17) is 39.5 Å². The molecule has 39 heavy (non-hydrogen) atoms. The Morgan fingerprint density at radius 3 is 2.26 bits per heavy atom. The maximum Gasteiger partial charge on any atom is 0.335 e. The number of rotatable bonds is 6. The van der Waals surface area contributed by atoms with E-state index in [1.807, 2.05) is 26.0 Å². The molecular formula is C28H22Cl3N3O5. The molecule has 0 spiro atoms. The minimum atomic E-state index is -0.897. The van der Waals surface area contributed by atoms with E-state index in [1.165, 1.54) is 24.3 Å². The Labute approximate surface area is 239 Å². The van der Waals surface area contributed by atoms with Gasteiger partial charge in [0.05, 0.1) is 15.7 Å². The van der Waals surface area contributed by atoms with Gasteiger partial charge in [-0.1, -0.05) is 46.9 Å². The quantitative estimate of drug-likeness (QED) is 0.262. The molecule has 0 atom stereocenters.